The Bertz CT molecular complexity index is 776. The van der Waals surface area contributed by atoms with Crippen LogP contribution in [0.3, 0.4) is 0 Å². The molecule has 6 nitrogen and oxygen atoms in total. The highest BCUT2D eigenvalue weighted by Crippen LogP contribution is 2.05. The SMILES string of the molecule is O=C(NCc1ccncc1)c1cnc(NCc2ccccc2)nc1. The molecule has 0 aliphatic heterocycles. The number of carbonyl (C=O) groups is 1. The van der Waals surface area contributed by atoms with Crippen molar-refractivity contribution in [1.82, 2.24) is 20.3 Å². The average molecular weight is 319 g/mol. The van der Waals surface area contributed by atoms with Gasteiger partial charge in [0.25, 0.3) is 5.91 Å². The average Bonchev–Trinajstić information content (AvgIpc) is 2.66. The largest absolute Gasteiger partial charge is 0.350 e. The summed E-state index contributed by atoms with van der Waals surface area (Å²) in [6.45, 7) is 1.07. The summed E-state index contributed by atoms with van der Waals surface area (Å²) in [4.78, 5) is 24.4. The smallest absolute Gasteiger partial charge is 0.254 e. The van der Waals surface area contributed by atoms with Crippen LogP contribution in [-0.2, 0) is 13.1 Å². The second-order valence-electron chi connectivity index (χ2n) is 5.17. The number of pyridine rings is 1. The molecule has 0 unspecified atom stereocenters. The Morgan fingerprint density at radius 1 is 0.875 bits per heavy atom. The quantitative estimate of drug-likeness (QED) is 0.729. The zero-order valence-electron chi connectivity index (χ0n) is 13.0. The zero-order chi connectivity index (χ0) is 16.6. The monoisotopic (exact) mass is 319 g/mol. The Hall–Kier alpha value is -3.28. The van der Waals surface area contributed by atoms with Gasteiger partial charge in [-0.15, -0.1) is 0 Å². The molecule has 0 bridgehead atoms. The number of hydrogen-bond donors (Lipinski definition) is 2. The predicted molar refractivity (Wildman–Crippen MR) is 91.2 cm³/mol. The summed E-state index contributed by atoms with van der Waals surface area (Å²) in [5.41, 5.74) is 2.55. The number of nitrogens with one attached hydrogen (secondary N) is 2. The van der Waals surface area contributed by atoms with Crippen molar-refractivity contribution in [2.45, 2.75) is 13.1 Å². The van der Waals surface area contributed by atoms with E-state index in [1.54, 1.807) is 12.4 Å². The molecule has 1 amide bonds. The van der Waals surface area contributed by atoms with Gasteiger partial charge in [-0.1, -0.05) is 30.3 Å². The van der Waals surface area contributed by atoms with Crippen LogP contribution in [0.5, 0.6) is 0 Å². The van der Waals surface area contributed by atoms with E-state index in [4.69, 9.17) is 0 Å². The molecule has 0 saturated heterocycles. The Morgan fingerprint density at radius 2 is 1.54 bits per heavy atom. The van der Waals surface area contributed by atoms with Gasteiger partial charge in [0.1, 0.15) is 0 Å². The van der Waals surface area contributed by atoms with Crippen molar-refractivity contribution in [2.75, 3.05) is 5.32 Å². The maximum atomic E-state index is 12.1. The van der Waals surface area contributed by atoms with Gasteiger partial charge in [0.05, 0.1) is 5.56 Å². The number of rotatable bonds is 6. The molecule has 0 saturated carbocycles. The minimum Gasteiger partial charge on any atom is -0.350 e. The number of nitrogens with zero attached hydrogens (tertiary/aromatic N) is 3. The van der Waals surface area contributed by atoms with Crippen LogP contribution < -0.4 is 10.6 Å². The summed E-state index contributed by atoms with van der Waals surface area (Å²) in [6, 6.07) is 13.7. The van der Waals surface area contributed by atoms with E-state index in [1.807, 2.05) is 42.5 Å². The number of aromatic nitrogens is 3. The summed E-state index contributed by atoms with van der Waals surface area (Å²) in [6.07, 6.45) is 6.42. The molecule has 2 N–H and O–H groups in total. The van der Waals surface area contributed by atoms with Crippen LogP contribution in [0.2, 0.25) is 0 Å². The van der Waals surface area contributed by atoms with E-state index in [9.17, 15) is 4.79 Å². The van der Waals surface area contributed by atoms with Crippen LogP contribution in [0.4, 0.5) is 5.95 Å². The Labute approximate surface area is 140 Å². The summed E-state index contributed by atoms with van der Waals surface area (Å²) in [7, 11) is 0. The second kappa shape index (κ2) is 7.82. The summed E-state index contributed by atoms with van der Waals surface area (Å²) in [5, 5.41) is 5.95. The van der Waals surface area contributed by atoms with Gasteiger partial charge in [0.15, 0.2) is 0 Å². The normalized spacial score (nSPS) is 10.2. The topological polar surface area (TPSA) is 79.8 Å². The van der Waals surface area contributed by atoms with Crippen molar-refractivity contribution in [2.24, 2.45) is 0 Å². The molecule has 6 heteroatoms. The van der Waals surface area contributed by atoms with E-state index in [0.29, 0.717) is 24.6 Å². The minimum absolute atomic E-state index is 0.207. The number of carbonyl (C=O) groups excluding carboxylic acids is 1. The number of hydrogen-bond acceptors (Lipinski definition) is 5. The number of anilines is 1. The third-order valence-corrected chi connectivity index (χ3v) is 3.41. The van der Waals surface area contributed by atoms with Crippen LogP contribution in [0.15, 0.2) is 67.3 Å². The van der Waals surface area contributed by atoms with Crippen LogP contribution >= 0.6 is 0 Å². The fourth-order valence-electron chi connectivity index (χ4n) is 2.10. The first-order valence-electron chi connectivity index (χ1n) is 7.58. The lowest BCUT2D eigenvalue weighted by Gasteiger charge is -2.07. The van der Waals surface area contributed by atoms with Gasteiger partial charge in [-0.3, -0.25) is 9.78 Å². The maximum Gasteiger partial charge on any atom is 0.254 e. The molecule has 0 aliphatic rings. The van der Waals surface area contributed by atoms with Gasteiger partial charge in [-0.25, -0.2) is 9.97 Å². The molecule has 2 heterocycles. The maximum absolute atomic E-state index is 12.1. The predicted octanol–water partition coefficient (Wildman–Crippen LogP) is 2.41. The molecule has 3 rings (SSSR count). The zero-order valence-corrected chi connectivity index (χ0v) is 13.0. The van der Waals surface area contributed by atoms with Gasteiger partial charge in [-0.05, 0) is 23.3 Å². The van der Waals surface area contributed by atoms with Gasteiger partial charge in [0, 0.05) is 37.9 Å². The van der Waals surface area contributed by atoms with Gasteiger partial charge in [0.2, 0.25) is 5.95 Å². The summed E-state index contributed by atoms with van der Waals surface area (Å²) in [5.74, 6) is 0.283. The van der Waals surface area contributed by atoms with Crippen LogP contribution in [0.1, 0.15) is 21.5 Å². The molecule has 24 heavy (non-hydrogen) atoms. The third-order valence-electron chi connectivity index (χ3n) is 3.41. The van der Waals surface area contributed by atoms with Crippen molar-refractivity contribution in [1.29, 1.82) is 0 Å². The van der Waals surface area contributed by atoms with E-state index in [1.165, 1.54) is 12.4 Å². The third kappa shape index (κ3) is 4.36. The van der Waals surface area contributed by atoms with Crippen LogP contribution in [0.25, 0.3) is 0 Å². The fourth-order valence-corrected chi connectivity index (χ4v) is 2.10. The second-order valence-corrected chi connectivity index (χ2v) is 5.17. The van der Waals surface area contributed by atoms with Crippen LogP contribution in [0, 0.1) is 0 Å². The fraction of sp³-hybridized carbons (Fsp3) is 0.111. The first-order valence-corrected chi connectivity index (χ1v) is 7.58. The minimum atomic E-state index is -0.207. The van der Waals surface area contributed by atoms with Crippen molar-refractivity contribution < 1.29 is 4.79 Å². The molecule has 0 aliphatic carbocycles. The molecule has 0 atom stereocenters. The lowest BCUT2D eigenvalue weighted by Crippen LogP contribution is -2.23. The highest BCUT2D eigenvalue weighted by Gasteiger charge is 2.07. The standard InChI is InChI=1S/C18H17N5O/c24-17(20-10-15-6-8-19-9-7-15)16-12-22-18(23-13-16)21-11-14-4-2-1-3-5-14/h1-9,12-13H,10-11H2,(H,20,24)(H,21,22,23). The molecular weight excluding hydrogens is 302 g/mol. The molecule has 0 radical (unpaired) electrons. The summed E-state index contributed by atoms with van der Waals surface area (Å²) < 4.78 is 0. The lowest BCUT2D eigenvalue weighted by molar-refractivity contribution is 0.0950. The molecule has 3 aromatic rings. The molecule has 2 aromatic heterocycles. The Balaban J connectivity index is 1.53. The van der Waals surface area contributed by atoms with Crippen molar-refractivity contribution in [3.63, 3.8) is 0 Å². The molecule has 1 aromatic carbocycles. The van der Waals surface area contributed by atoms with E-state index in [-0.39, 0.29) is 5.91 Å². The Morgan fingerprint density at radius 3 is 2.25 bits per heavy atom. The highest BCUT2D eigenvalue weighted by molar-refractivity contribution is 5.93. The molecule has 120 valence electrons. The highest BCUT2D eigenvalue weighted by atomic mass is 16.1. The lowest BCUT2D eigenvalue weighted by atomic mass is 10.2. The number of amides is 1. The molecule has 0 spiro atoms. The van der Waals surface area contributed by atoms with E-state index in [0.717, 1.165) is 11.1 Å². The van der Waals surface area contributed by atoms with Gasteiger partial charge in [-0.2, -0.15) is 0 Å². The van der Waals surface area contributed by atoms with E-state index < -0.39 is 0 Å². The Kier molecular flexibility index (Phi) is 5.09. The molecule has 0 fully saturated rings. The first-order chi connectivity index (χ1) is 11.8. The van der Waals surface area contributed by atoms with Gasteiger partial charge < -0.3 is 10.6 Å². The van der Waals surface area contributed by atoms with E-state index >= 15 is 0 Å². The van der Waals surface area contributed by atoms with Crippen molar-refractivity contribution in [3.05, 3.63) is 83.9 Å². The number of benzene rings is 1. The summed E-state index contributed by atoms with van der Waals surface area (Å²) >= 11 is 0. The molecular formula is C18H17N5O. The van der Waals surface area contributed by atoms with Crippen LogP contribution in [-0.4, -0.2) is 20.9 Å². The van der Waals surface area contributed by atoms with E-state index in [2.05, 4.69) is 25.6 Å². The first kappa shape index (κ1) is 15.6. The van der Waals surface area contributed by atoms with Gasteiger partial charge >= 0.3 is 0 Å². The van der Waals surface area contributed by atoms with Crippen molar-refractivity contribution in [3.8, 4) is 0 Å². The van der Waals surface area contributed by atoms with Crippen molar-refractivity contribution >= 4 is 11.9 Å².